The first-order valence-electron chi connectivity index (χ1n) is 6.97. The standard InChI is InChI=1S/C16H23NO4/c1-12(2)21-11-13-5-7-14(8-6-13)16(19)17(3)10-9-15(18)20-4/h5-8,12H,9-11H2,1-4H3. The Morgan fingerprint density at radius 3 is 2.33 bits per heavy atom. The first-order valence-corrected chi connectivity index (χ1v) is 6.97. The van der Waals surface area contributed by atoms with E-state index in [4.69, 9.17) is 4.74 Å². The van der Waals surface area contributed by atoms with Gasteiger partial charge in [-0.05, 0) is 31.5 Å². The van der Waals surface area contributed by atoms with Crippen LogP contribution in [0.1, 0.15) is 36.2 Å². The number of carbonyl (C=O) groups is 2. The van der Waals surface area contributed by atoms with Gasteiger partial charge in [0.2, 0.25) is 0 Å². The largest absolute Gasteiger partial charge is 0.469 e. The maximum atomic E-state index is 12.2. The number of hydrogen-bond donors (Lipinski definition) is 0. The molecule has 116 valence electrons. The van der Waals surface area contributed by atoms with Crippen molar-refractivity contribution in [1.82, 2.24) is 4.90 Å². The second-order valence-electron chi connectivity index (χ2n) is 5.11. The predicted octanol–water partition coefficient (Wildman–Crippen LogP) is 2.25. The molecule has 5 nitrogen and oxygen atoms in total. The molecule has 0 spiro atoms. The van der Waals surface area contributed by atoms with Gasteiger partial charge >= 0.3 is 5.97 Å². The Morgan fingerprint density at radius 1 is 1.19 bits per heavy atom. The molecule has 0 radical (unpaired) electrons. The average Bonchev–Trinajstić information content (AvgIpc) is 2.49. The molecule has 0 saturated carbocycles. The Kier molecular flexibility index (Phi) is 6.88. The molecule has 0 bridgehead atoms. The molecule has 1 aromatic rings. The summed E-state index contributed by atoms with van der Waals surface area (Å²) in [5.41, 5.74) is 1.62. The molecule has 1 rings (SSSR count). The SMILES string of the molecule is COC(=O)CCN(C)C(=O)c1ccc(COC(C)C)cc1. The molecule has 0 heterocycles. The van der Waals surface area contributed by atoms with E-state index < -0.39 is 0 Å². The van der Waals surface area contributed by atoms with Crippen LogP contribution in [0, 0.1) is 0 Å². The van der Waals surface area contributed by atoms with Crippen molar-refractivity contribution in [1.29, 1.82) is 0 Å². The van der Waals surface area contributed by atoms with Gasteiger partial charge in [0, 0.05) is 19.2 Å². The summed E-state index contributed by atoms with van der Waals surface area (Å²) in [6.07, 6.45) is 0.370. The van der Waals surface area contributed by atoms with Gasteiger partial charge in [-0.15, -0.1) is 0 Å². The molecule has 21 heavy (non-hydrogen) atoms. The second-order valence-corrected chi connectivity index (χ2v) is 5.11. The van der Waals surface area contributed by atoms with Gasteiger partial charge in [-0.1, -0.05) is 12.1 Å². The van der Waals surface area contributed by atoms with Crippen LogP contribution in [0.15, 0.2) is 24.3 Å². The molecule has 1 amide bonds. The molecule has 0 aromatic heterocycles. The van der Waals surface area contributed by atoms with Crippen LogP contribution in [0.5, 0.6) is 0 Å². The highest BCUT2D eigenvalue weighted by molar-refractivity contribution is 5.94. The molecule has 0 aliphatic carbocycles. The van der Waals surface area contributed by atoms with Gasteiger partial charge in [0.15, 0.2) is 0 Å². The first kappa shape index (κ1) is 17.2. The number of esters is 1. The lowest BCUT2D eigenvalue weighted by Crippen LogP contribution is -2.29. The molecule has 0 saturated heterocycles. The Bertz CT molecular complexity index is 468. The van der Waals surface area contributed by atoms with E-state index in [2.05, 4.69) is 4.74 Å². The zero-order valence-electron chi connectivity index (χ0n) is 13.1. The predicted molar refractivity (Wildman–Crippen MR) is 80.0 cm³/mol. The number of methoxy groups -OCH3 is 1. The lowest BCUT2D eigenvalue weighted by molar-refractivity contribution is -0.140. The van der Waals surface area contributed by atoms with E-state index in [1.165, 1.54) is 12.0 Å². The van der Waals surface area contributed by atoms with Gasteiger partial charge in [0.05, 0.1) is 26.2 Å². The van der Waals surface area contributed by atoms with Crippen molar-refractivity contribution in [2.45, 2.75) is 33.0 Å². The smallest absolute Gasteiger partial charge is 0.307 e. The van der Waals surface area contributed by atoms with Gasteiger partial charge in [0.1, 0.15) is 0 Å². The van der Waals surface area contributed by atoms with Crippen LogP contribution in [-0.2, 0) is 20.9 Å². The van der Waals surface area contributed by atoms with E-state index in [0.717, 1.165) is 5.56 Å². The van der Waals surface area contributed by atoms with E-state index in [1.807, 2.05) is 26.0 Å². The Morgan fingerprint density at radius 2 is 1.81 bits per heavy atom. The van der Waals surface area contributed by atoms with Crippen molar-refractivity contribution in [2.24, 2.45) is 0 Å². The minimum atomic E-state index is -0.323. The lowest BCUT2D eigenvalue weighted by atomic mass is 10.1. The van der Waals surface area contributed by atoms with Gasteiger partial charge in [-0.3, -0.25) is 9.59 Å². The summed E-state index contributed by atoms with van der Waals surface area (Å²) < 4.78 is 10.1. The molecule has 0 unspecified atom stereocenters. The van der Waals surface area contributed by atoms with Crippen molar-refractivity contribution in [3.8, 4) is 0 Å². The summed E-state index contributed by atoms with van der Waals surface area (Å²) in [6, 6.07) is 7.31. The highest BCUT2D eigenvalue weighted by atomic mass is 16.5. The van der Waals surface area contributed by atoms with Crippen LogP contribution in [0.2, 0.25) is 0 Å². The molecule has 0 atom stereocenters. The molecular weight excluding hydrogens is 270 g/mol. The van der Waals surface area contributed by atoms with Crippen molar-refractivity contribution < 1.29 is 19.1 Å². The monoisotopic (exact) mass is 293 g/mol. The number of nitrogens with zero attached hydrogens (tertiary/aromatic N) is 1. The third-order valence-electron chi connectivity index (χ3n) is 3.01. The Hall–Kier alpha value is -1.88. The van der Waals surface area contributed by atoms with E-state index in [9.17, 15) is 9.59 Å². The summed E-state index contributed by atoms with van der Waals surface area (Å²) in [4.78, 5) is 24.7. The Labute approximate surface area is 125 Å². The average molecular weight is 293 g/mol. The summed E-state index contributed by atoms with van der Waals surface area (Å²) in [5, 5.41) is 0. The number of rotatable bonds is 7. The summed E-state index contributed by atoms with van der Waals surface area (Å²) in [7, 11) is 3.00. The number of amides is 1. The fourth-order valence-electron chi connectivity index (χ4n) is 1.69. The van der Waals surface area contributed by atoms with Crippen LogP contribution in [0.25, 0.3) is 0 Å². The molecule has 5 heteroatoms. The van der Waals surface area contributed by atoms with Crippen LogP contribution < -0.4 is 0 Å². The van der Waals surface area contributed by atoms with E-state index in [-0.39, 0.29) is 24.4 Å². The maximum absolute atomic E-state index is 12.2. The fourth-order valence-corrected chi connectivity index (χ4v) is 1.69. The number of hydrogen-bond acceptors (Lipinski definition) is 4. The zero-order valence-corrected chi connectivity index (χ0v) is 13.1. The van der Waals surface area contributed by atoms with E-state index >= 15 is 0 Å². The summed E-state index contributed by atoms with van der Waals surface area (Å²) in [5.74, 6) is -0.439. The second kappa shape index (κ2) is 8.42. The van der Waals surface area contributed by atoms with Crippen LogP contribution in [0.4, 0.5) is 0 Å². The number of benzene rings is 1. The molecule has 0 aliphatic rings. The van der Waals surface area contributed by atoms with Crippen LogP contribution in [0.3, 0.4) is 0 Å². The normalized spacial score (nSPS) is 10.5. The number of ether oxygens (including phenoxy) is 2. The van der Waals surface area contributed by atoms with Crippen molar-refractivity contribution in [3.05, 3.63) is 35.4 Å². The molecule has 1 aromatic carbocycles. The van der Waals surface area contributed by atoms with Gasteiger partial charge in [-0.2, -0.15) is 0 Å². The van der Waals surface area contributed by atoms with Crippen molar-refractivity contribution in [3.63, 3.8) is 0 Å². The highest BCUT2D eigenvalue weighted by Crippen LogP contribution is 2.09. The minimum Gasteiger partial charge on any atom is -0.469 e. The van der Waals surface area contributed by atoms with Gasteiger partial charge in [0.25, 0.3) is 5.91 Å². The lowest BCUT2D eigenvalue weighted by Gasteiger charge is -2.16. The quantitative estimate of drug-likeness (QED) is 0.724. The highest BCUT2D eigenvalue weighted by Gasteiger charge is 2.13. The molecule has 0 aliphatic heterocycles. The van der Waals surface area contributed by atoms with E-state index in [1.54, 1.807) is 19.2 Å². The van der Waals surface area contributed by atoms with Gasteiger partial charge in [-0.25, -0.2) is 0 Å². The van der Waals surface area contributed by atoms with Gasteiger partial charge < -0.3 is 14.4 Å². The molecule has 0 fully saturated rings. The van der Waals surface area contributed by atoms with Crippen LogP contribution >= 0.6 is 0 Å². The fraction of sp³-hybridized carbons (Fsp3) is 0.500. The molecular formula is C16H23NO4. The molecule has 0 N–H and O–H groups in total. The first-order chi connectivity index (χ1) is 9.93. The third kappa shape index (κ3) is 5.95. The number of carbonyl (C=O) groups excluding carboxylic acids is 2. The van der Waals surface area contributed by atoms with E-state index in [0.29, 0.717) is 18.7 Å². The summed E-state index contributed by atoms with van der Waals surface area (Å²) >= 11 is 0. The third-order valence-corrected chi connectivity index (χ3v) is 3.01. The van der Waals surface area contributed by atoms with Crippen molar-refractivity contribution in [2.75, 3.05) is 20.7 Å². The Balaban J connectivity index is 2.55. The topological polar surface area (TPSA) is 55.8 Å². The zero-order chi connectivity index (χ0) is 15.8. The maximum Gasteiger partial charge on any atom is 0.307 e. The van der Waals surface area contributed by atoms with Crippen LogP contribution in [-0.4, -0.2) is 43.6 Å². The summed E-state index contributed by atoms with van der Waals surface area (Å²) in [6.45, 7) is 4.83. The minimum absolute atomic E-state index is 0.116. The van der Waals surface area contributed by atoms with Crippen molar-refractivity contribution >= 4 is 11.9 Å².